The van der Waals surface area contributed by atoms with Gasteiger partial charge in [-0.15, -0.1) is 11.3 Å². The molecule has 0 radical (unpaired) electrons. The quantitative estimate of drug-likeness (QED) is 0.222. The molecular weight excluding hydrogens is 466 g/mol. The van der Waals surface area contributed by atoms with Crippen LogP contribution >= 0.6 is 23.6 Å². The summed E-state index contributed by atoms with van der Waals surface area (Å²) in [5.74, 6) is 0.979. The number of para-hydroxylation sites is 1. The van der Waals surface area contributed by atoms with E-state index in [4.69, 9.17) is 17.0 Å². The lowest BCUT2D eigenvalue weighted by Gasteiger charge is -2.13. The summed E-state index contributed by atoms with van der Waals surface area (Å²) in [6.45, 7) is 6.58. The number of fused-ring (bicyclic) bond motifs is 1. The third-order valence-electron chi connectivity index (χ3n) is 5.01. The summed E-state index contributed by atoms with van der Waals surface area (Å²) < 4.78 is 6.69. The number of aromatic nitrogens is 1. The molecule has 1 heterocycles. The lowest BCUT2D eigenvalue weighted by Crippen LogP contribution is -2.34. The Bertz CT molecular complexity index is 1310. The van der Waals surface area contributed by atoms with Crippen LogP contribution in [-0.2, 0) is 0 Å². The van der Waals surface area contributed by atoms with E-state index >= 15 is 0 Å². The Hall–Kier alpha value is -3.49. The average Bonchev–Trinajstić information content (AvgIpc) is 3.24. The summed E-state index contributed by atoms with van der Waals surface area (Å²) in [5.41, 5.74) is 3.27. The number of thiocarbonyl (C=S) groups is 1. The average molecular weight is 492 g/mol. The minimum Gasteiger partial charge on any atom is -0.507 e. The highest BCUT2D eigenvalue weighted by Gasteiger charge is 2.15. The number of aromatic hydroxyl groups is 1. The van der Waals surface area contributed by atoms with E-state index in [9.17, 15) is 9.90 Å². The smallest absolute Gasteiger partial charge is 0.257 e. The zero-order valence-corrected chi connectivity index (χ0v) is 20.7. The number of amides is 1. The van der Waals surface area contributed by atoms with Crippen molar-refractivity contribution in [2.24, 2.45) is 5.92 Å². The summed E-state index contributed by atoms with van der Waals surface area (Å²) in [4.78, 5) is 17.2. The van der Waals surface area contributed by atoms with Crippen LogP contribution in [0.15, 0.2) is 60.7 Å². The molecule has 3 N–H and O–H groups in total. The number of hydrogen-bond acceptors (Lipinski definition) is 6. The number of rotatable bonds is 6. The molecule has 0 saturated carbocycles. The number of benzene rings is 3. The summed E-state index contributed by atoms with van der Waals surface area (Å²) in [6.07, 6.45) is 0. The maximum atomic E-state index is 12.6. The standard InChI is InChI=1S/C26H25N3O3S2/c1-15(2)14-32-19-10-8-17(9-11-19)24(31)29-26(33)27-18-12-16(3)23(30)20(13-18)25-28-21-6-4-5-7-22(21)34-25/h4-13,15,30H,14H2,1-3H3,(H2,27,29,31,33). The second kappa shape index (κ2) is 10.2. The van der Waals surface area contributed by atoms with Gasteiger partial charge in [0.1, 0.15) is 16.5 Å². The van der Waals surface area contributed by atoms with Crippen LogP contribution in [0.2, 0.25) is 0 Å². The van der Waals surface area contributed by atoms with Crippen molar-refractivity contribution in [2.75, 3.05) is 11.9 Å². The molecule has 8 heteroatoms. The molecule has 1 aromatic heterocycles. The second-order valence-electron chi connectivity index (χ2n) is 8.31. The number of hydrogen-bond donors (Lipinski definition) is 3. The van der Waals surface area contributed by atoms with Gasteiger partial charge in [-0.05, 0) is 79.2 Å². The Morgan fingerprint density at radius 2 is 1.88 bits per heavy atom. The molecule has 6 nitrogen and oxygen atoms in total. The Labute approximate surface area is 207 Å². The highest BCUT2D eigenvalue weighted by molar-refractivity contribution is 7.80. The zero-order chi connectivity index (χ0) is 24.2. The molecular formula is C26H25N3O3S2. The van der Waals surface area contributed by atoms with E-state index in [2.05, 4.69) is 29.5 Å². The van der Waals surface area contributed by atoms with Crippen LogP contribution in [0.3, 0.4) is 0 Å². The first-order valence-electron chi connectivity index (χ1n) is 10.8. The van der Waals surface area contributed by atoms with Crippen molar-refractivity contribution in [3.05, 3.63) is 71.8 Å². The number of thiazole rings is 1. The number of aryl methyl sites for hydroxylation is 1. The largest absolute Gasteiger partial charge is 0.507 e. The molecule has 0 unspecified atom stereocenters. The third kappa shape index (κ3) is 5.52. The van der Waals surface area contributed by atoms with Gasteiger partial charge >= 0.3 is 0 Å². The fourth-order valence-electron chi connectivity index (χ4n) is 3.31. The molecule has 0 fully saturated rings. The van der Waals surface area contributed by atoms with Gasteiger partial charge in [-0.1, -0.05) is 26.0 Å². The van der Waals surface area contributed by atoms with Crippen LogP contribution in [0, 0.1) is 12.8 Å². The monoisotopic (exact) mass is 491 g/mol. The summed E-state index contributed by atoms with van der Waals surface area (Å²) >= 11 is 6.86. The van der Waals surface area contributed by atoms with E-state index < -0.39 is 0 Å². The van der Waals surface area contributed by atoms with Gasteiger partial charge in [-0.2, -0.15) is 0 Å². The fourth-order valence-corrected chi connectivity index (χ4v) is 4.50. The number of phenolic OH excluding ortho intramolecular Hbond substituents is 1. The summed E-state index contributed by atoms with van der Waals surface area (Å²) in [5, 5.41) is 17.2. The van der Waals surface area contributed by atoms with Crippen LogP contribution in [0.25, 0.3) is 20.8 Å². The van der Waals surface area contributed by atoms with Gasteiger partial charge in [0.15, 0.2) is 5.11 Å². The SMILES string of the molecule is Cc1cc(NC(=S)NC(=O)c2ccc(OCC(C)C)cc2)cc(-c2nc3ccccc3s2)c1O. The number of nitrogens with one attached hydrogen (secondary N) is 2. The highest BCUT2D eigenvalue weighted by Crippen LogP contribution is 2.38. The number of anilines is 1. The van der Waals surface area contributed by atoms with Gasteiger partial charge < -0.3 is 15.2 Å². The van der Waals surface area contributed by atoms with Gasteiger partial charge in [0.25, 0.3) is 5.91 Å². The molecule has 4 rings (SSSR count). The fraction of sp³-hybridized carbons (Fsp3) is 0.192. The maximum absolute atomic E-state index is 12.6. The Morgan fingerprint density at radius 1 is 1.15 bits per heavy atom. The van der Waals surface area contributed by atoms with Gasteiger partial charge in [-0.25, -0.2) is 4.98 Å². The lowest BCUT2D eigenvalue weighted by molar-refractivity contribution is 0.0977. The maximum Gasteiger partial charge on any atom is 0.257 e. The molecule has 34 heavy (non-hydrogen) atoms. The predicted octanol–water partition coefficient (Wildman–Crippen LogP) is 6.14. The van der Waals surface area contributed by atoms with Gasteiger partial charge in [0.05, 0.1) is 22.4 Å². The minimum absolute atomic E-state index is 0.158. The lowest BCUT2D eigenvalue weighted by atomic mass is 10.1. The van der Waals surface area contributed by atoms with E-state index in [0.717, 1.165) is 10.2 Å². The van der Waals surface area contributed by atoms with Crippen molar-refractivity contribution < 1.29 is 14.6 Å². The molecule has 174 valence electrons. The van der Waals surface area contributed by atoms with Gasteiger partial charge in [0.2, 0.25) is 0 Å². The van der Waals surface area contributed by atoms with E-state index in [1.165, 1.54) is 11.3 Å². The normalized spacial score (nSPS) is 10.9. The van der Waals surface area contributed by atoms with Crippen LogP contribution in [-0.4, -0.2) is 27.7 Å². The first-order valence-corrected chi connectivity index (χ1v) is 12.1. The van der Waals surface area contributed by atoms with Gasteiger partial charge in [-0.3, -0.25) is 10.1 Å². The molecule has 0 bridgehead atoms. The molecule has 0 atom stereocenters. The van der Waals surface area contributed by atoms with Crippen LogP contribution < -0.4 is 15.4 Å². The second-order valence-corrected chi connectivity index (χ2v) is 9.75. The molecule has 1 amide bonds. The van der Waals surface area contributed by atoms with Crippen molar-refractivity contribution in [1.29, 1.82) is 0 Å². The molecule has 0 aliphatic heterocycles. The molecule has 0 spiro atoms. The Balaban J connectivity index is 1.46. The van der Waals surface area contributed by atoms with Crippen molar-refractivity contribution in [1.82, 2.24) is 10.3 Å². The molecule has 0 saturated heterocycles. The number of phenols is 1. The first kappa shape index (κ1) is 23.7. The number of carbonyl (C=O) groups excluding carboxylic acids is 1. The molecule has 3 aromatic carbocycles. The Morgan fingerprint density at radius 3 is 2.59 bits per heavy atom. The molecule has 4 aromatic rings. The first-order chi connectivity index (χ1) is 16.3. The topological polar surface area (TPSA) is 83.5 Å². The minimum atomic E-state index is -0.324. The van der Waals surface area contributed by atoms with E-state index in [1.54, 1.807) is 36.4 Å². The van der Waals surface area contributed by atoms with E-state index in [-0.39, 0.29) is 16.8 Å². The highest BCUT2D eigenvalue weighted by atomic mass is 32.1. The van der Waals surface area contributed by atoms with Crippen LogP contribution in [0.5, 0.6) is 11.5 Å². The third-order valence-corrected chi connectivity index (χ3v) is 6.28. The Kier molecular flexibility index (Phi) is 7.09. The number of nitrogens with zero attached hydrogens (tertiary/aromatic N) is 1. The van der Waals surface area contributed by atoms with Crippen molar-refractivity contribution in [3.63, 3.8) is 0 Å². The predicted molar refractivity (Wildman–Crippen MR) is 142 cm³/mol. The van der Waals surface area contributed by atoms with Crippen LogP contribution in [0.1, 0.15) is 29.8 Å². The number of carbonyl (C=O) groups is 1. The van der Waals surface area contributed by atoms with Crippen molar-refractivity contribution >= 4 is 50.5 Å². The van der Waals surface area contributed by atoms with E-state index in [1.807, 2.05) is 31.2 Å². The van der Waals surface area contributed by atoms with Crippen molar-refractivity contribution in [2.45, 2.75) is 20.8 Å². The van der Waals surface area contributed by atoms with Crippen molar-refractivity contribution in [3.8, 4) is 22.1 Å². The summed E-state index contributed by atoms with van der Waals surface area (Å²) in [6, 6.07) is 18.3. The van der Waals surface area contributed by atoms with E-state index in [0.29, 0.717) is 45.7 Å². The summed E-state index contributed by atoms with van der Waals surface area (Å²) in [7, 11) is 0. The number of ether oxygens (including phenoxy) is 1. The van der Waals surface area contributed by atoms with Gasteiger partial charge in [0, 0.05) is 11.3 Å². The molecule has 0 aliphatic carbocycles. The molecule has 0 aliphatic rings. The zero-order valence-electron chi connectivity index (χ0n) is 19.1. The van der Waals surface area contributed by atoms with Crippen LogP contribution in [0.4, 0.5) is 5.69 Å².